The highest BCUT2D eigenvalue weighted by molar-refractivity contribution is 5.86. The molecule has 1 fully saturated rings. The van der Waals surface area contributed by atoms with E-state index in [1.54, 1.807) is 30.5 Å². The molecule has 2 aromatic heterocycles. The van der Waals surface area contributed by atoms with Crippen molar-refractivity contribution in [2.45, 2.75) is 38.3 Å². The fourth-order valence-corrected chi connectivity index (χ4v) is 5.35. The summed E-state index contributed by atoms with van der Waals surface area (Å²) in [4.78, 5) is 27.5. The number of aromatic amines is 1. The van der Waals surface area contributed by atoms with E-state index in [9.17, 15) is 18.0 Å². The lowest BCUT2D eigenvalue weighted by atomic mass is 10.1. The molecule has 0 spiro atoms. The number of fused-ring (bicyclic) bond motifs is 1. The Morgan fingerprint density at radius 3 is 2.59 bits per heavy atom. The maximum atomic E-state index is 13.5. The van der Waals surface area contributed by atoms with Crippen molar-refractivity contribution in [2.75, 3.05) is 49.5 Å². The van der Waals surface area contributed by atoms with Crippen LogP contribution in [0, 0.1) is 6.57 Å². The Bertz CT molecular complexity index is 1610. The lowest BCUT2D eigenvalue weighted by Gasteiger charge is -2.36. The number of aromatic nitrogens is 2. The zero-order chi connectivity index (χ0) is 31.1. The highest BCUT2D eigenvalue weighted by Crippen LogP contribution is 2.31. The molecule has 1 saturated heterocycles. The minimum Gasteiger partial charge on any atom is -0.487 e. The number of carbonyl (C=O) groups excluding carboxylic acids is 1. The van der Waals surface area contributed by atoms with Crippen LogP contribution in [-0.2, 0) is 11.2 Å². The Balaban J connectivity index is 1.13. The topological polar surface area (TPSA) is 77.8 Å². The van der Waals surface area contributed by atoms with Crippen LogP contribution in [0.15, 0.2) is 60.9 Å². The third-order valence-corrected chi connectivity index (χ3v) is 8.00. The number of hydrogen-bond acceptors (Lipinski definition) is 5. The van der Waals surface area contributed by atoms with E-state index in [0.29, 0.717) is 23.6 Å². The molecule has 230 valence electrons. The van der Waals surface area contributed by atoms with Gasteiger partial charge in [0.05, 0.1) is 12.3 Å². The minimum absolute atomic E-state index is 0.205. The SMILES string of the molecule is [C-]#[N+]c1ccc2[nH]cc(CCCCN3CCN(c4ncc(-c5ccc(OCC(F)(F)C(C)F)cc5)cc4NC=O)CC3)c2c1. The van der Waals surface area contributed by atoms with Gasteiger partial charge in [0.1, 0.15) is 5.75 Å². The number of pyridine rings is 1. The van der Waals surface area contributed by atoms with Gasteiger partial charge in [0, 0.05) is 49.7 Å². The number of ether oxygens (including phenoxy) is 1. The largest absolute Gasteiger partial charge is 0.487 e. The number of amides is 1. The van der Waals surface area contributed by atoms with Gasteiger partial charge in [-0.3, -0.25) is 9.69 Å². The summed E-state index contributed by atoms with van der Waals surface area (Å²) in [6.07, 6.45) is 5.18. The van der Waals surface area contributed by atoms with Gasteiger partial charge in [-0.2, -0.15) is 8.78 Å². The number of unbranched alkanes of at least 4 members (excludes halogenated alkanes) is 1. The molecular formula is C33H35F3N6O2. The molecule has 0 radical (unpaired) electrons. The van der Waals surface area contributed by atoms with E-state index in [1.165, 1.54) is 5.56 Å². The van der Waals surface area contributed by atoms with Crippen LogP contribution < -0.4 is 15.0 Å². The summed E-state index contributed by atoms with van der Waals surface area (Å²) >= 11 is 0. The summed E-state index contributed by atoms with van der Waals surface area (Å²) in [6, 6.07) is 14.1. The van der Waals surface area contributed by atoms with E-state index in [-0.39, 0.29) is 5.75 Å². The maximum absolute atomic E-state index is 13.5. The third kappa shape index (κ3) is 7.32. The first-order valence-electron chi connectivity index (χ1n) is 14.7. The average Bonchev–Trinajstić information content (AvgIpc) is 3.45. The molecule has 1 atom stereocenters. The fraction of sp³-hybridized carbons (Fsp3) is 0.364. The molecule has 8 nitrogen and oxygen atoms in total. The highest BCUT2D eigenvalue weighted by atomic mass is 19.3. The summed E-state index contributed by atoms with van der Waals surface area (Å²) in [5.74, 6) is -2.67. The van der Waals surface area contributed by atoms with Gasteiger partial charge < -0.3 is 19.9 Å². The number of halogens is 3. The lowest BCUT2D eigenvalue weighted by molar-refractivity contribution is -0.105. The van der Waals surface area contributed by atoms with Crippen LogP contribution >= 0.6 is 0 Å². The van der Waals surface area contributed by atoms with Gasteiger partial charge in [-0.15, -0.1) is 0 Å². The molecule has 5 rings (SSSR count). The smallest absolute Gasteiger partial charge is 0.311 e. The van der Waals surface area contributed by atoms with Crippen molar-refractivity contribution in [2.24, 2.45) is 0 Å². The first-order chi connectivity index (χ1) is 21.3. The van der Waals surface area contributed by atoms with Gasteiger partial charge in [0.15, 0.2) is 24.3 Å². The van der Waals surface area contributed by atoms with Gasteiger partial charge in [-0.05, 0) is 79.6 Å². The number of piperazine rings is 1. The number of H-pyrrole nitrogens is 1. The molecule has 0 saturated carbocycles. The van der Waals surface area contributed by atoms with E-state index in [2.05, 4.69) is 29.9 Å². The lowest BCUT2D eigenvalue weighted by Crippen LogP contribution is -2.47. The predicted octanol–water partition coefficient (Wildman–Crippen LogP) is 6.87. The van der Waals surface area contributed by atoms with Crippen LogP contribution in [0.25, 0.3) is 26.9 Å². The molecule has 44 heavy (non-hydrogen) atoms. The van der Waals surface area contributed by atoms with Gasteiger partial charge in [-0.25, -0.2) is 14.2 Å². The van der Waals surface area contributed by atoms with Crippen LogP contribution in [0.4, 0.5) is 30.4 Å². The van der Waals surface area contributed by atoms with Crippen LogP contribution in [0.3, 0.4) is 0 Å². The Labute approximate surface area is 254 Å². The second kappa shape index (κ2) is 13.8. The van der Waals surface area contributed by atoms with Crippen molar-refractivity contribution in [3.05, 3.63) is 77.9 Å². The molecule has 1 unspecified atom stereocenters. The van der Waals surface area contributed by atoms with Gasteiger partial charge in [-0.1, -0.05) is 18.2 Å². The van der Waals surface area contributed by atoms with E-state index in [0.717, 1.165) is 80.9 Å². The second-order valence-corrected chi connectivity index (χ2v) is 11.0. The Kier molecular flexibility index (Phi) is 9.70. The van der Waals surface area contributed by atoms with Gasteiger partial charge in [0.25, 0.3) is 0 Å². The number of anilines is 2. The zero-order valence-electron chi connectivity index (χ0n) is 24.5. The van der Waals surface area contributed by atoms with Gasteiger partial charge >= 0.3 is 5.92 Å². The van der Waals surface area contributed by atoms with Crippen LogP contribution in [0.5, 0.6) is 5.75 Å². The molecular weight excluding hydrogens is 569 g/mol. The first kappa shape index (κ1) is 30.9. The van der Waals surface area contributed by atoms with E-state index in [4.69, 9.17) is 11.3 Å². The fourth-order valence-electron chi connectivity index (χ4n) is 5.35. The summed E-state index contributed by atoms with van der Waals surface area (Å²) in [6.45, 7) is 11.3. The van der Waals surface area contributed by atoms with Gasteiger partial charge in [0.2, 0.25) is 6.41 Å². The molecule has 0 aliphatic carbocycles. The molecule has 1 amide bonds. The van der Waals surface area contributed by atoms with Crippen molar-refractivity contribution in [1.82, 2.24) is 14.9 Å². The number of carbonyl (C=O) groups is 1. The maximum Gasteiger partial charge on any atom is 0.311 e. The van der Waals surface area contributed by atoms with Crippen molar-refractivity contribution >= 4 is 34.5 Å². The van der Waals surface area contributed by atoms with Crippen LogP contribution in [-0.4, -0.2) is 72.7 Å². The van der Waals surface area contributed by atoms with Crippen molar-refractivity contribution in [3.8, 4) is 16.9 Å². The number of nitrogens with one attached hydrogen (secondary N) is 2. The third-order valence-electron chi connectivity index (χ3n) is 8.00. The monoisotopic (exact) mass is 604 g/mol. The van der Waals surface area contributed by atoms with E-state index < -0.39 is 18.7 Å². The summed E-state index contributed by atoms with van der Waals surface area (Å²) in [7, 11) is 0. The van der Waals surface area contributed by atoms with E-state index >= 15 is 0 Å². The van der Waals surface area contributed by atoms with Crippen molar-refractivity contribution in [1.29, 1.82) is 0 Å². The Morgan fingerprint density at radius 1 is 1.11 bits per heavy atom. The number of alkyl halides is 3. The number of hydrogen-bond donors (Lipinski definition) is 2. The van der Waals surface area contributed by atoms with Crippen molar-refractivity contribution in [3.63, 3.8) is 0 Å². The molecule has 3 heterocycles. The van der Waals surface area contributed by atoms with Crippen molar-refractivity contribution < 1.29 is 22.7 Å². The van der Waals surface area contributed by atoms with E-state index in [1.807, 2.05) is 30.5 Å². The summed E-state index contributed by atoms with van der Waals surface area (Å²) in [5.41, 5.74) is 5.06. The summed E-state index contributed by atoms with van der Waals surface area (Å²) in [5, 5.41) is 3.90. The standard InChI is InChI=1S/C33H35F3N6O2/c1-23(34)33(35,36)21-44-28-9-6-24(7-10-28)26-17-31(40-22-43)32(39-20-26)42-15-13-41(14-16-42)12-4-3-5-25-19-38-30-11-8-27(37-2)18-29(25)30/h6-11,17-20,22-23,38H,3-5,12-16,21H2,1H3,(H,40,43). The molecule has 2 aromatic carbocycles. The molecule has 1 aliphatic rings. The predicted molar refractivity (Wildman–Crippen MR) is 167 cm³/mol. The molecule has 0 bridgehead atoms. The number of aryl methyl sites for hydroxylation is 1. The second-order valence-electron chi connectivity index (χ2n) is 11.0. The molecule has 2 N–H and O–H groups in total. The average molecular weight is 605 g/mol. The molecule has 11 heteroatoms. The Hall–Kier alpha value is -4.56. The molecule has 4 aromatic rings. The number of nitrogens with zero attached hydrogens (tertiary/aromatic N) is 4. The first-order valence-corrected chi connectivity index (χ1v) is 14.7. The highest BCUT2D eigenvalue weighted by Gasteiger charge is 2.37. The molecule has 1 aliphatic heterocycles. The normalized spacial score (nSPS) is 14.8. The van der Waals surface area contributed by atoms with Crippen LogP contribution in [0.2, 0.25) is 0 Å². The minimum atomic E-state index is -3.57. The summed E-state index contributed by atoms with van der Waals surface area (Å²) < 4.78 is 45.2. The quantitative estimate of drug-likeness (QED) is 0.0990. The van der Waals surface area contributed by atoms with Crippen LogP contribution in [0.1, 0.15) is 25.3 Å². The Morgan fingerprint density at radius 2 is 1.89 bits per heavy atom. The number of rotatable bonds is 13. The zero-order valence-corrected chi connectivity index (χ0v) is 24.5. The number of benzene rings is 2.